The number of nitrogens with one attached hydrogen (secondary N) is 1. The molecule has 0 aromatic carbocycles. The largest absolute Gasteiger partial charge is 0.355 e. The number of guanidine groups is 1. The summed E-state index contributed by atoms with van der Waals surface area (Å²) in [5, 5.41) is 3.25. The number of likely N-dealkylation sites (tertiary alicyclic amines) is 2. The molecule has 0 amide bonds. The van der Waals surface area contributed by atoms with Crippen LogP contribution in [0.2, 0.25) is 0 Å². The maximum absolute atomic E-state index is 12.2. The molecule has 25 heavy (non-hydrogen) atoms. The number of hydrogen-bond donors (Lipinski definition) is 1. The summed E-state index contributed by atoms with van der Waals surface area (Å²) in [7, 11) is -1.32. The Hall–Kier alpha value is -0.820. The van der Waals surface area contributed by atoms with Gasteiger partial charge < -0.3 is 15.1 Å². The maximum Gasteiger partial charge on any atom is 0.193 e. The van der Waals surface area contributed by atoms with Crippen LogP contribution in [-0.4, -0.2) is 81.0 Å². The third kappa shape index (κ3) is 5.84. The van der Waals surface area contributed by atoms with E-state index >= 15 is 0 Å². The molecule has 2 fully saturated rings. The third-order valence-corrected chi connectivity index (χ3v) is 7.96. The topological polar surface area (TPSA) is 65.0 Å². The average Bonchev–Trinajstić information content (AvgIpc) is 2.99. The zero-order valence-corrected chi connectivity index (χ0v) is 17.2. The van der Waals surface area contributed by atoms with E-state index in [0.717, 1.165) is 19.0 Å². The quantitative estimate of drug-likeness (QED) is 0.586. The fourth-order valence-electron chi connectivity index (χ4n) is 3.62. The molecule has 7 heteroatoms. The Morgan fingerprint density at radius 3 is 2.44 bits per heavy atom. The van der Waals surface area contributed by atoms with Crippen LogP contribution in [0.25, 0.3) is 0 Å². The molecule has 6 nitrogen and oxygen atoms in total. The van der Waals surface area contributed by atoms with Crippen molar-refractivity contribution in [2.45, 2.75) is 51.2 Å². The second-order valence-electron chi connectivity index (χ2n) is 8.37. The standard InChI is InChI=1S/C18H36N4O2S/c1-18(2,3)25(23,24)13-9-20-17(19-4)22-12-8-16(15-22)14-21-10-6-5-7-11-21/h16H,5-15H2,1-4H3,(H,19,20). The van der Waals surface area contributed by atoms with E-state index in [2.05, 4.69) is 20.1 Å². The number of rotatable bonds is 5. The van der Waals surface area contributed by atoms with E-state index in [9.17, 15) is 8.42 Å². The minimum Gasteiger partial charge on any atom is -0.355 e. The van der Waals surface area contributed by atoms with Gasteiger partial charge >= 0.3 is 0 Å². The molecule has 2 saturated heterocycles. The zero-order valence-electron chi connectivity index (χ0n) is 16.4. The molecule has 0 aromatic heterocycles. The molecule has 2 aliphatic heterocycles. The van der Waals surface area contributed by atoms with Crippen LogP contribution in [0.15, 0.2) is 4.99 Å². The lowest BCUT2D eigenvalue weighted by Crippen LogP contribution is -2.44. The molecule has 0 saturated carbocycles. The molecule has 0 radical (unpaired) electrons. The first-order chi connectivity index (χ1) is 11.7. The van der Waals surface area contributed by atoms with Gasteiger partial charge in [0, 0.05) is 33.2 Å². The first kappa shape index (κ1) is 20.5. The summed E-state index contributed by atoms with van der Waals surface area (Å²) < 4.78 is 23.7. The van der Waals surface area contributed by atoms with E-state index in [-0.39, 0.29) is 5.75 Å². The zero-order chi connectivity index (χ0) is 18.5. The molecule has 2 aliphatic rings. The van der Waals surface area contributed by atoms with Crippen LogP contribution in [0, 0.1) is 5.92 Å². The Bertz CT molecular complexity index is 548. The van der Waals surface area contributed by atoms with Crippen LogP contribution in [0.4, 0.5) is 0 Å². The fourth-order valence-corrected chi connectivity index (χ4v) is 4.60. The normalized spacial score (nSPS) is 23.9. The van der Waals surface area contributed by atoms with Gasteiger partial charge in [-0.1, -0.05) is 6.42 Å². The number of hydrogen-bond acceptors (Lipinski definition) is 4. The van der Waals surface area contributed by atoms with Gasteiger partial charge in [0.2, 0.25) is 0 Å². The van der Waals surface area contributed by atoms with Crippen LogP contribution in [0.3, 0.4) is 0 Å². The summed E-state index contributed by atoms with van der Waals surface area (Å²) in [6, 6.07) is 0. The molecule has 0 bridgehead atoms. The van der Waals surface area contributed by atoms with E-state index in [4.69, 9.17) is 0 Å². The lowest BCUT2D eigenvalue weighted by Gasteiger charge is -2.29. The Balaban J connectivity index is 1.77. The van der Waals surface area contributed by atoms with Gasteiger partial charge in [-0.25, -0.2) is 8.42 Å². The summed E-state index contributed by atoms with van der Waals surface area (Å²) >= 11 is 0. The predicted molar refractivity (Wildman–Crippen MR) is 105 cm³/mol. The molecule has 0 aromatic rings. The summed E-state index contributed by atoms with van der Waals surface area (Å²) in [4.78, 5) is 9.23. The monoisotopic (exact) mass is 372 g/mol. The molecule has 2 heterocycles. The smallest absolute Gasteiger partial charge is 0.193 e. The van der Waals surface area contributed by atoms with Crippen molar-refractivity contribution in [2.24, 2.45) is 10.9 Å². The molecule has 2 rings (SSSR count). The highest BCUT2D eigenvalue weighted by Gasteiger charge is 2.30. The second kappa shape index (κ2) is 8.71. The molecular weight excluding hydrogens is 336 g/mol. The van der Waals surface area contributed by atoms with Gasteiger partial charge in [-0.05, 0) is 59.0 Å². The van der Waals surface area contributed by atoms with Crippen molar-refractivity contribution in [1.29, 1.82) is 0 Å². The van der Waals surface area contributed by atoms with Crippen molar-refractivity contribution in [3.8, 4) is 0 Å². The van der Waals surface area contributed by atoms with Gasteiger partial charge in [0.05, 0.1) is 10.5 Å². The first-order valence-electron chi connectivity index (χ1n) is 9.63. The maximum atomic E-state index is 12.2. The number of sulfone groups is 1. The Kier molecular flexibility index (Phi) is 7.14. The lowest BCUT2D eigenvalue weighted by atomic mass is 10.1. The summed E-state index contributed by atoms with van der Waals surface area (Å²) in [5.41, 5.74) is 0. The van der Waals surface area contributed by atoms with Crippen LogP contribution in [0.1, 0.15) is 46.5 Å². The van der Waals surface area contributed by atoms with Gasteiger partial charge in [0.1, 0.15) is 0 Å². The van der Waals surface area contributed by atoms with Gasteiger partial charge in [0.25, 0.3) is 0 Å². The molecule has 0 aliphatic carbocycles. The molecule has 146 valence electrons. The van der Waals surface area contributed by atoms with Crippen LogP contribution >= 0.6 is 0 Å². The van der Waals surface area contributed by atoms with Crippen molar-refractivity contribution in [3.05, 3.63) is 0 Å². The Morgan fingerprint density at radius 1 is 1.16 bits per heavy atom. The van der Waals surface area contributed by atoms with Gasteiger partial charge in [0.15, 0.2) is 15.8 Å². The van der Waals surface area contributed by atoms with Gasteiger partial charge in [-0.15, -0.1) is 0 Å². The molecule has 1 N–H and O–H groups in total. The van der Waals surface area contributed by atoms with Crippen molar-refractivity contribution >= 4 is 15.8 Å². The van der Waals surface area contributed by atoms with Crippen LogP contribution < -0.4 is 5.32 Å². The number of nitrogens with zero attached hydrogens (tertiary/aromatic N) is 3. The highest BCUT2D eigenvalue weighted by molar-refractivity contribution is 7.92. The summed E-state index contributed by atoms with van der Waals surface area (Å²) in [6.07, 6.45) is 5.24. The minimum absolute atomic E-state index is 0.139. The molecule has 0 spiro atoms. The Morgan fingerprint density at radius 2 is 1.84 bits per heavy atom. The Labute approximate surface area is 154 Å². The SMILES string of the molecule is CN=C(NCCS(=O)(=O)C(C)(C)C)N1CCC(CN2CCCCC2)C1. The van der Waals surface area contributed by atoms with Crippen molar-refractivity contribution in [2.75, 3.05) is 52.1 Å². The van der Waals surface area contributed by atoms with Gasteiger partial charge in [-0.2, -0.15) is 0 Å². The fraction of sp³-hybridized carbons (Fsp3) is 0.944. The first-order valence-corrected chi connectivity index (χ1v) is 11.3. The van der Waals surface area contributed by atoms with Crippen molar-refractivity contribution < 1.29 is 8.42 Å². The third-order valence-electron chi connectivity index (χ3n) is 5.35. The summed E-state index contributed by atoms with van der Waals surface area (Å²) in [6.45, 7) is 11.4. The van der Waals surface area contributed by atoms with Gasteiger partial charge in [-0.3, -0.25) is 4.99 Å². The van der Waals surface area contributed by atoms with E-state index in [1.165, 1.54) is 45.3 Å². The molecular formula is C18H36N4O2S. The van der Waals surface area contributed by atoms with Crippen LogP contribution in [0.5, 0.6) is 0 Å². The lowest BCUT2D eigenvalue weighted by molar-refractivity contribution is 0.198. The average molecular weight is 373 g/mol. The van der Waals surface area contributed by atoms with E-state index < -0.39 is 14.6 Å². The second-order valence-corrected chi connectivity index (χ2v) is 11.2. The molecule has 1 unspecified atom stereocenters. The number of aliphatic imine (C=N–C) groups is 1. The highest BCUT2D eigenvalue weighted by Crippen LogP contribution is 2.20. The van der Waals surface area contributed by atoms with Crippen LogP contribution in [-0.2, 0) is 9.84 Å². The molecule has 1 atom stereocenters. The van der Waals surface area contributed by atoms with E-state index in [1.54, 1.807) is 27.8 Å². The van der Waals surface area contributed by atoms with E-state index in [1.807, 2.05) is 0 Å². The highest BCUT2D eigenvalue weighted by atomic mass is 32.2. The number of piperidine rings is 1. The summed E-state index contributed by atoms with van der Waals surface area (Å²) in [5.74, 6) is 1.67. The minimum atomic E-state index is -3.10. The van der Waals surface area contributed by atoms with Crippen molar-refractivity contribution in [1.82, 2.24) is 15.1 Å². The predicted octanol–water partition coefficient (Wildman–Crippen LogP) is 1.58. The van der Waals surface area contributed by atoms with Crippen molar-refractivity contribution in [3.63, 3.8) is 0 Å². The van der Waals surface area contributed by atoms with E-state index in [0.29, 0.717) is 12.5 Å².